The van der Waals surface area contributed by atoms with E-state index in [0.29, 0.717) is 13.0 Å². The molecule has 0 aromatic heterocycles. The summed E-state index contributed by atoms with van der Waals surface area (Å²) in [6, 6.07) is -1.17. The van der Waals surface area contributed by atoms with Crippen LogP contribution in [0.25, 0.3) is 0 Å². The van der Waals surface area contributed by atoms with Gasteiger partial charge in [-0.3, -0.25) is 4.79 Å². The summed E-state index contributed by atoms with van der Waals surface area (Å²) in [7, 11) is 0. The van der Waals surface area contributed by atoms with E-state index in [-0.39, 0.29) is 17.8 Å². The standard InChI is InChI=1S/C15H30N2O3.C2H2O4/c1-5-7-9-12(15(19)20-10-8-6-2)17-14(18)13(16)11(3)4;3-1(4)2(5)6/h11-13H,5-10,16H2,1-4H3,(H,17,18);(H,3,4)(H,5,6)/t12-,13-;/m0./s1. The first kappa shape index (κ1) is 26.1. The minimum absolute atomic E-state index is 0.0398. The molecule has 5 N–H and O–H groups in total. The molecular weight excluding hydrogens is 344 g/mol. The molecule has 0 aliphatic heterocycles. The zero-order valence-electron chi connectivity index (χ0n) is 16.0. The molecule has 0 aromatic rings. The van der Waals surface area contributed by atoms with Gasteiger partial charge in [0.05, 0.1) is 12.6 Å². The number of hydrogen-bond donors (Lipinski definition) is 4. The maximum atomic E-state index is 12.0. The largest absolute Gasteiger partial charge is 0.473 e. The van der Waals surface area contributed by atoms with Crippen LogP contribution in [0.1, 0.15) is 59.8 Å². The molecule has 1 amide bonds. The number of amides is 1. The second-order valence-electron chi connectivity index (χ2n) is 6.10. The van der Waals surface area contributed by atoms with Gasteiger partial charge in [0.1, 0.15) is 6.04 Å². The van der Waals surface area contributed by atoms with Crippen molar-refractivity contribution in [2.75, 3.05) is 6.61 Å². The molecule has 26 heavy (non-hydrogen) atoms. The van der Waals surface area contributed by atoms with Gasteiger partial charge in [0.25, 0.3) is 0 Å². The number of aliphatic carboxylic acids is 2. The van der Waals surface area contributed by atoms with Crippen molar-refractivity contribution in [3.8, 4) is 0 Å². The molecule has 0 unspecified atom stereocenters. The number of carboxylic acid groups (broad SMARTS) is 2. The highest BCUT2D eigenvalue weighted by Gasteiger charge is 2.25. The third-order valence-electron chi connectivity index (χ3n) is 3.39. The summed E-state index contributed by atoms with van der Waals surface area (Å²) in [5.41, 5.74) is 5.79. The van der Waals surface area contributed by atoms with Gasteiger partial charge >= 0.3 is 17.9 Å². The van der Waals surface area contributed by atoms with Crippen LogP contribution in [-0.4, -0.2) is 52.7 Å². The van der Waals surface area contributed by atoms with Gasteiger partial charge in [-0.2, -0.15) is 0 Å². The molecule has 9 heteroatoms. The lowest BCUT2D eigenvalue weighted by Gasteiger charge is -2.21. The Morgan fingerprint density at radius 1 is 1.00 bits per heavy atom. The minimum atomic E-state index is -1.82. The maximum absolute atomic E-state index is 12.0. The Balaban J connectivity index is 0. The highest BCUT2D eigenvalue weighted by molar-refractivity contribution is 6.27. The van der Waals surface area contributed by atoms with E-state index in [0.717, 1.165) is 25.7 Å². The molecule has 2 atom stereocenters. The quantitative estimate of drug-likeness (QED) is 0.251. The number of unbranched alkanes of at least 4 members (excludes halogenated alkanes) is 2. The molecule has 0 radical (unpaired) electrons. The van der Waals surface area contributed by atoms with E-state index in [4.69, 9.17) is 30.3 Å². The molecule has 0 aliphatic rings. The van der Waals surface area contributed by atoms with E-state index < -0.39 is 24.0 Å². The monoisotopic (exact) mass is 376 g/mol. The van der Waals surface area contributed by atoms with Crippen molar-refractivity contribution in [2.45, 2.75) is 71.9 Å². The van der Waals surface area contributed by atoms with E-state index in [9.17, 15) is 9.59 Å². The fourth-order valence-electron chi connectivity index (χ4n) is 1.65. The number of carboxylic acids is 2. The van der Waals surface area contributed by atoms with Gasteiger partial charge in [-0.15, -0.1) is 0 Å². The lowest BCUT2D eigenvalue weighted by molar-refractivity contribution is -0.159. The number of nitrogens with one attached hydrogen (secondary N) is 1. The second kappa shape index (κ2) is 15.1. The third kappa shape index (κ3) is 13.2. The van der Waals surface area contributed by atoms with E-state index >= 15 is 0 Å². The molecule has 0 fully saturated rings. The van der Waals surface area contributed by atoms with Crippen LogP contribution < -0.4 is 11.1 Å². The highest BCUT2D eigenvalue weighted by atomic mass is 16.5. The predicted octanol–water partition coefficient (Wildman–Crippen LogP) is 1.14. The van der Waals surface area contributed by atoms with Crippen LogP contribution in [0.5, 0.6) is 0 Å². The van der Waals surface area contributed by atoms with Crippen molar-refractivity contribution in [3.05, 3.63) is 0 Å². The Hall–Kier alpha value is -2.16. The number of rotatable bonds is 10. The van der Waals surface area contributed by atoms with E-state index in [1.165, 1.54) is 0 Å². The summed E-state index contributed by atoms with van der Waals surface area (Å²) in [6.07, 6.45) is 4.23. The summed E-state index contributed by atoms with van der Waals surface area (Å²) in [5, 5.41) is 17.5. The second-order valence-corrected chi connectivity index (χ2v) is 6.10. The fourth-order valence-corrected chi connectivity index (χ4v) is 1.65. The number of hydrogen-bond acceptors (Lipinski definition) is 6. The van der Waals surface area contributed by atoms with Crippen LogP contribution in [0, 0.1) is 5.92 Å². The van der Waals surface area contributed by atoms with Crippen LogP contribution in [0.2, 0.25) is 0 Å². The van der Waals surface area contributed by atoms with Gasteiger partial charge in [-0.1, -0.05) is 47.0 Å². The maximum Gasteiger partial charge on any atom is 0.414 e. The lowest BCUT2D eigenvalue weighted by atomic mass is 10.0. The molecule has 0 saturated carbocycles. The van der Waals surface area contributed by atoms with Crippen molar-refractivity contribution in [1.82, 2.24) is 5.32 Å². The molecular formula is C17H32N2O7. The zero-order chi connectivity index (χ0) is 20.7. The average molecular weight is 376 g/mol. The van der Waals surface area contributed by atoms with E-state index in [2.05, 4.69) is 5.32 Å². The van der Waals surface area contributed by atoms with Gasteiger partial charge < -0.3 is 26.0 Å². The summed E-state index contributed by atoms with van der Waals surface area (Å²) in [5.74, 6) is -4.24. The fraction of sp³-hybridized carbons (Fsp3) is 0.765. The van der Waals surface area contributed by atoms with Crippen LogP contribution in [0.15, 0.2) is 0 Å². The minimum Gasteiger partial charge on any atom is -0.473 e. The first-order valence-electron chi connectivity index (χ1n) is 8.77. The van der Waals surface area contributed by atoms with E-state index in [1.54, 1.807) is 0 Å². The van der Waals surface area contributed by atoms with Crippen LogP contribution >= 0.6 is 0 Å². The van der Waals surface area contributed by atoms with Crippen LogP contribution in [0.3, 0.4) is 0 Å². The highest BCUT2D eigenvalue weighted by Crippen LogP contribution is 2.06. The van der Waals surface area contributed by atoms with Gasteiger partial charge in [0.2, 0.25) is 5.91 Å². The number of ether oxygens (including phenoxy) is 1. The van der Waals surface area contributed by atoms with Crippen molar-refractivity contribution in [1.29, 1.82) is 0 Å². The molecule has 0 bridgehead atoms. The Bertz CT molecular complexity index is 440. The first-order valence-corrected chi connectivity index (χ1v) is 8.77. The van der Waals surface area contributed by atoms with E-state index in [1.807, 2.05) is 27.7 Å². The van der Waals surface area contributed by atoms with Crippen LogP contribution in [-0.2, 0) is 23.9 Å². The Morgan fingerprint density at radius 2 is 1.50 bits per heavy atom. The average Bonchev–Trinajstić information content (AvgIpc) is 2.57. The summed E-state index contributed by atoms with van der Waals surface area (Å²) in [6.45, 7) is 8.24. The summed E-state index contributed by atoms with van der Waals surface area (Å²) >= 11 is 0. The predicted molar refractivity (Wildman–Crippen MR) is 95.4 cm³/mol. The van der Waals surface area contributed by atoms with Crippen molar-refractivity contribution in [3.63, 3.8) is 0 Å². The number of carbonyl (C=O) groups is 4. The lowest BCUT2D eigenvalue weighted by Crippen LogP contribution is -2.50. The van der Waals surface area contributed by atoms with Gasteiger partial charge in [-0.25, -0.2) is 14.4 Å². The molecule has 0 saturated heterocycles. The molecule has 9 nitrogen and oxygen atoms in total. The normalized spacial score (nSPS) is 12.4. The number of esters is 1. The van der Waals surface area contributed by atoms with Crippen LogP contribution in [0.4, 0.5) is 0 Å². The number of nitrogens with two attached hydrogens (primary N) is 1. The Morgan fingerprint density at radius 3 is 1.88 bits per heavy atom. The topological polar surface area (TPSA) is 156 Å². The van der Waals surface area contributed by atoms with Crippen molar-refractivity contribution < 1.29 is 34.1 Å². The Kier molecular flexibility index (Phi) is 15.2. The summed E-state index contributed by atoms with van der Waals surface area (Å²) < 4.78 is 5.19. The SMILES string of the molecule is CCCCOC(=O)[C@H](CCCC)NC(=O)[C@@H](N)C(C)C.O=C(O)C(=O)O. The zero-order valence-corrected chi connectivity index (χ0v) is 16.0. The molecule has 0 aliphatic carbocycles. The molecule has 0 rings (SSSR count). The van der Waals surface area contributed by atoms with Gasteiger partial charge in [-0.05, 0) is 18.8 Å². The molecule has 0 aromatic carbocycles. The van der Waals surface area contributed by atoms with Crippen molar-refractivity contribution in [2.24, 2.45) is 11.7 Å². The molecule has 0 spiro atoms. The smallest absolute Gasteiger partial charge is 0.414 e. The Labute approximate surface area is 154 Å². The molecule has 0 heterocycles. The first-order chi connectivity index (χ1) is 12.1. The third-order valence-corrected chi connectivity index (χ3v) is 3.39. The number of carbonyl (C=O) groups excluding carboxylic acids is 2. The summed E-state index contributed by atoms with van der Waals surface area (Å²) in [4.78, 5) is 42.1. The van der Waals surface area contributed by atoms with Gasteiger partial charge in [0, 0.05) is 0 Å². The van der Waals surface area contributed by atoms with Crippen molar-refractivity contribution >= 4 is 23.8 Å². The van der Waals surface area contributed by atoms with Gasteiger partial charge in [0.15, 0.2) is 0 Å². The molecule has 152 valence electrons.